The van der Waals surface area contributed by atoms with Crippen LogP contribution in [0.5, 0.6) is 5.75 Å². The van der Waals surface area contributed by atoms with Crippen molar-refractivity contribution < 1.29 is 23.8 Å². The van der Waals surface area contributed by atoms with E-state index in [-0.39, 0.29) is 25.2 Å². The molecular formula is C23H36O5. The van der Waals surface area contributed by atoms with E-state index in [0.717, 1.165) is 29.0 Å². The molecule has 1 atom stereocenters. The highest BCUT2D eigenvalue weighted by atomic mass is 16.5. The fourth-order valence-electron chi connectivity index (χ4n) is 2.94. The Morgan fingerprint density at radius 3 is 2.07 bits per heavy atom. The minimum absolute atomic E-state index is 0.170. The van der Waals surface area contributed by atoms with Gasteiger partial charge in [0.1, 0.15) is 19.0 Å². The number of hydrogen-bond donors (Lipinski definition) is 0. The lowest BCUT2D eigenvalue weighted by atomic mass is 9.97. The Balaban J connectivity index is 2.74. The van der Waals surface area contributed by atoms with E-state index in [4.69, 9.17) is 14.2 Å². The van der Waals surface area contributed by atoms with Gasteiger partial charge < -0.3 is 14.2 Å². The van der Waals surface area contributed by atoms with Gasteiger partial charge in [-0.05, 0) is 48.4 Å². The first-order valence-electron chi connectivity index (χ1n) is 10.2. The fourth-order valence-corrected chi connectivity index (χ4v) is 2.94. The summed E-state index contributed by atoms with van der Waals surface area (Å²) in [6, 6.07) is 3.82. The van der Waals surface area contributed by atoms with Gasteiger partial charge in [0.05, 0.1) is 6.61 Å². The highest BCUT2D eigenvalue weighted by Gasteiger charge is 2.12. The monoisotopic (exact) mass is 392 g/mol. The highest BCUT2D eigenvalue weighted by molar-refractivity contribution is 5.66. The van der Waals surface area contributed by atoms with E-state index < -0.39 is 0 Å². The molecule has 0 saturated carbocycles. The van der Waals surface area contributed by atoms with Gasteiger partial charge in [-0.2, -0.15) is 0 Å². The van der Waals surface area contributed by atoms with Gasteiger partial charge in [0.25, 0.3) is 0 Å². The van der Waals surface area contributed by atoms with Crippen LogP contribution in [0.3, 0.4) is 0 Å². The van der Waals surface area contributed by atoms with Crippen molar-refractivity contribution in [1.82, 2.24) is 0 Å². The van der Waals surface area contributed by atoms with Crippen molar-refractivity contribution in [3.05, 3.63) is 28.8 Å². The molecule has 0 aromatic heterocycles. The maximum absolute atomic E-state index is 11.2. The predicted molar refractivity (Wildman–Crippen MR) is 110 cm³/mol. The second-order valence-electron chi connectivity index (χ2n) is 8.01. The number of esters is 2. The van der Waals surface area contributed by atoms with E-state index in [1.807, 2.05) is 19.1 Å². The smallest absolute Gasteiger partial charge is 0.302 e. The molecular weight excluding hydrogens is 356 g/mol. The van der Waals surface area contributed by atoms with Crippen LogP contribution in [-0.2, 0) is 32.3 Å². The van der Waals surface area contributed by atoms with Gasteiger partial charge in [-0.15, -0.1) is 0 Å². The zero-order valence-corrected chi connectivity index (χ0v) is 18.3. The van der Waals surface area contributed by atoms with Gasteiger partial charge in [0, 0.05) is 19.4 Å². The number of hydrogen-bond acceptors (Lipinski definition) is 5. The maximum atomic E-state index is 11.2. The Bertz CT molecular complexity index is 636. The third-order valence-corrected chi connectivity index (χ3v) is 4.73. The van der Waals surface area contributed by atoms with Crippen LogP contribution in [0, 0.1) is 18.8 Å². The number of ether oxygens (including phenoxy) is 3. The van der Waals surface area contributed by atoms with Gasteiger partial charge in [0.2, 0.25) is 0 Å². The molecule has 0 radical (unpaired) electrons. The largest absolute Gasteiger partial charge is 0.493 e. The van der Waals surface area contributed by atoms with E-state index >= 15 is 0 Å². The summed E-state index contributed by atoms with van der Waals surface area (Å²) in [5, 5.41) is 0. The molecule has 0 heterocycles. The van der Waals surface area contributed by atoms with Crippen molar-refractivity contribution in [2.75, 3.05) is 6.61 Å². The van der Waals surface area contributed by atoms with Gasteiger partial charge in [-0.1, -0.05) is 40.0 Å². The standard InChI is InChI=1S/C23H36O5/c1-16(2)8-7-9-17(3)10-11-26-23-13-21(14-27-19(5)24)18(4)12-22(23)15-28-20(6)25/h12-13,16-17H,7-11,14-15H2,1-6H3. The van der Waals surface area contributed by atoms with Crippen LogP contribution in [0.25, 0.3) is 0 Å². The molecule has 28 heavy (non-hydrogen) atoms. The molecule has 0 bridgehead atoms. The van der Waals surface area contributed by atoms with Crippen molar-refractivity contribution in [1.29, 1.82) is 0 Å². The summed E-state index contributed by atoms with van der Waals surface area (Å²) in [4.78, 5) is 22.3. The topological polar surface area (TPSA) is 61.8 Å². The molecule has 0 aliphatic carbocycles. The third-order valence-electron chi connectivity index (χ3n) is 4.73. The molecule has 0 N–H and O–H groups in total. The molecule has 1 aromatic carbocycles. The Labute approximate surface area is 169 Å². The van der Waals surface area contributed by atoms with E-state index in [2.05, 4.69) is 20.8 Å². The summed E-state index contributed by atoms with van der Waals surface area (Å²) < 4.78 is 16.3. The summed E-state index contributed by atoms with van der Waals surface area (Å²) >= 11 is 0. The molecule has 5 heteroatoms. The molecule has 1 aromatic rings. The van der Waals surface area contributed by atoms with Crippen LogP contribution in [0.15, 0.2) is 12.1 Å². The zero-order valence-electron chi connectivity index (χ0n) is 18.3. The van der Waals surface area contributed by atoms with E-state index in [9.17, 15) is 9.59 Å². The van der Waals surface area contributed by atoms with Gasteiger partial charge in [-0.3, -0.25) is 9.59 Å². The average Bonchev–Trinajstić information content (AvgIpc) is 2.59. The highest BCUT2D eigenvalue weighted by Crippen LogP contribution is 2.26. The van der Waals surface area contributed by atoms with E-state index in [0.29, 0.717) is 18.3 Å². The first-order chi connectivity index (χ1) is 13.2. The maximum Gasteiger partial charge on any atom is 0.302 e. The van der Waals surface area contributed by atoms with Crippen LogP contribution in [0.4, 0.5) is 0 Å². The average molecular weight is 393 g/mol. The van der Waals surface area contributed by atoms with Crippen LogP contribution >= 0.6 is 0 Å². The lowest BCUT2D eigenvalue weighted by molar-refractivity contribution is -0.143. The van der Waals surface area contributed by atoms with Gasteiger partial charge >= 0.3 is 11.9 Å². The zero-order chi connectivity index (χ0) is 21.1. The number of carbonyl (C=O) groups excluding carboxylic acids is 2. The second-order valence-corrected chi connectivity index (χ2v) is 8.01. The summed E-state index contributed by atoms with van der Waals surface area (Å²) in [6.07, 6.45) is 4.68. The minimum Gasteiger partial charge on any atom is -0.493 e. The SMILES string of the molecule is CC(=O)OCc1cc(OCCC(C)CCCC(C)C)c(COC(C)=O)cc1C. The lowest BCUT2D eigenvalue weighted by Gasteiger charge is -2.17. The van der Waals surface area contributed by atoms with Crippen LogP contribution in [0.2, 0.25) is 0 Å². The lowest BCUT2D eigenvalue weighted by Crippen LogP contribution is -2.09. The van der Waals surface area contributed by atoms with Gasteiger partial charge in [0.15, 0.2) is 0 Å². The molecule has 5 nitrogen and oxygen atoms in total. The van der Waals surface area contributed by atoms with Crippen LogP contribution < -0.4 is 4.74 Å². The molecule has 0 aliphatic heterocycles. The molecule has 0 spiro atoms. The summed E-state index contributed by atoms with van der Waals surface area (Å²) in [5.74, 6) is 1.38. The Hall–Kier alpha value is -2.04. The second kappa shape index (κ2) is 12.4. The summed E-state index contributed by atoms with van der Waals surface area (Å²) in [6.45, 7) is 12.5. The summed E-state index contributed by atoms with van der Waals surface area (Å²) in [7, 11) is 0. The Morgan fingerprint density at radius 1 is 0.893 bits per heavy atom. The van der Waals surface area contributed by atoms with E-state index in [1.165, 1.54) is 33.1 Å². The molecule has 0 saturated heterocycles. The van der Waals surface area contributed by atoms with Crippen molar-refractivity contribution >= 4 is 11.9 Å². The predicted octanol–water partition coefficient (Wildman–Crippen LogP) is 5.35. The molecule has 0 fully saturated rings. The quantitative estimate of drug-likeness (QED) is 0.449. The van der Waals surface area contributed by atoms with Crippen molar-refractivity contribution in [2.24, 2.45) is 11.8 Å². The first-order valence-corrected chi connectivity index (χ1v) is 10.2. The fraction of sp³-hybridized carbons (Fsp3) is 0.652. The molecule has 158 valence electrons. The van der Waals surface area contributed by atoms with E-state index in [1.54, 1.807) is 0 Å². The Kier molecular flexibility index (Phi) is 10.6. The number of rotatable bonds is 12. The summed E-state index contributed by atoms with van der Waals surface area (Å²) in [5.41, 5.74) is 2.69. The third kappa shape index (κ3) is 9.77. The molecule has 0 amide bonds. The number of carbonyl (C=O) groups is 2. The van der Waals surface area contributed by atoms with Gasteiger partial charge in [-0.25, -0.2) is 0 Å². The van der Waals surface area contributed by atoms with Crippen molar-refractivity contribution in [3.8, 4) is 5.75 Å². The first kappa shape index (κ1) is 24.0. The minimum atomic E-state index is -0.327. The molecule has 0 aliphatic rings. The number of benzene rings is 1. The van der Waals surface area contributed by atoms with Crippen molar-refractivity contribution in [2.45, 2.75) is 80.4 Å². The van der Waals surface area contributed by atoms with Crippen molar-refractivity contribution in [3.63, 3.8) is 0 Å². The number of aryl methyl sites for hydroxylation is 1. The normalized spacial score (nSPS) is 12.0. The van der Waals surface area contributed by atoms with Crippen LogP contribution in [-0.4, -0.2) is 18.5 Å². The van der Waals surface area contributed by atoms with Crippen LogP contribution in [0.1, 0.15) is 77.0 Å². The molecule has 1 rings (SSSR count). The molecule has 1 unspecified atom stereocenters. The Morgan fingerprint density at radius 2 is 1.50 bits per heavy atom.